The fourth-order valence-corrected chi connectivity index (χ4v) is 2.48. The Morgan fingerprint density at radius 1 is 1.38 bits per heavy atom. The molecule has 1 unspecified atom stereocenters. The van der Waals surface area contributed by atoms with Crippen molar-refractivity contribution < 1.29 is 14.3 Å². The van der Waals surface area contributed by atoms with E-state index in [1.165, 1.54) is 0 Å². The third-order valence-corrected chi connectivity index (χ3v) is 3.68. The van der Waals surface area contributed by atoms with Gasteiger partial charge in [0.05, 0.1) is 19.6 Å². The van der Waals surface area contributed by atoms with Crippen molar-refractivity contribution in [3.8, 4) is 0 Å². The average molecular weight is 291 g/mol. The summed E-state index contributed by atoms with van der Waals surface area (Å²) < 4.78 is 5.31. The van der Waals surface area contributed by atoms with Crippen molar-refractivity contribution in [1.82, 2.24) is 10.2 Å². The first-order valence-electron chi connectivity index (χ1n) is 7.03. The van der Waals surface area contributed by atoms with Crippen molar-refractivity contribution in [2.45, 2.75) is 19.0 Å². The fraction of sp³-hybridized carbons (Fsp3) is 0.467. The molecule has 6 heteroatoms. The highest BCUT2D eigenvalue weighted by Gasteiger charge is 2.32. The van der Waals surface area contributed by atoms with E-state index in [2.05, 4.69) is 5.32 Å². The molecule has 0 saturated carbocycles. The summed E-state index contributed by atoms with van der Waals surface area (Å²) in [6.45, 7) is 1.52. The van der Waals surface area contributed by atoms with Crippen molar-refractivity contribution in [1.29, 1.82) is 0 Å². The molecule has 1 saturated heterocycles. The number of carbonyl (C=O) groups is 2. The topological polar surface area (TPSA) is 84.7 Å². The Morgan fingerprint density at radius 3 is 2.76 bits per heavy atom. The molecular formula is C15H21N3O3. The van der Waals surface area contributed by atoms with Gasteiger partial charge in [-0.3, -0.25) is 9.59 Å². The van der Waals surface area contributed by atoms with Gasteiger partial charge >= 0.3 is 0 Å². The third-order valence-electron chi connectivity index (χ3n) is 3.68. The Labute approximate surface area is 124 Å². The molecule has 1 aromatic carbocycles. The number of morpholine rings is 1. The van der Waals surface area contributed by atoms with E-state index in [1.54, 1.807) is 11.9 Å². The molecule has 21 heavy (non-hydrogen) atoms. The van der Waals surface area contributed by atoms with Crippen LogP contribution in [-0.2, 0) is 27.3 Å². The van der Waals surface area contributed by atoms with Gasteiger partial charge in [-0.25, -0.2) is 0 Å². The Morgan fingerprint density at radius 2 is 2.10 bits per heavy atom. The minimum Gasteiger partial charge on any atom is -0.377 e. The lowest BCUT2D eigenvalue weighted by Gasteiger charge is -2.34. The van der Waals surface area contributed by atoms with Gasteiger partial charge in [0.15, 0.2) is 0 Å². The quantitative estimate of drug-likeness (QED) is 0.795. The number of rotatable bonds is 4. The largest absolute Gasteiger partial charge is 0.377 e. The van der Waals surface area contributed by atoms with Gasteiger partial charge in [0.1, 0.15) is 6.04 Å². The van der Waals surface area contributed by atoms with Crippen LogP contribution in [-0.4, -0.2) is 49.6 Å². The molecule has 0 aliphatic carbocycles. The van der Waals surface area contributed by atoms with Crippen LogP contribution in [0.4, 0.5) is 0 Å². The Balaban J connectivity index is 2.12. The molecular weight excluding hydrogens is 270 g/mol. The number of hydrogen-bond donors (Lipinski definition) is 2. The van der Waals surface area contributed by atoms with Gasteiger partial charge in [-0.2, -0.15) is 0 Å². The highest BCUT2D eigenvalue weighted by Crippen LogP contribution is 2.14. The molecule has 0 radical (unpaired) electrons. The molecule has 0 spiro atoms. The van der Waals surface area contributed by atoms with Crippen LogP contribution in [0.15, 0.2) is 24.3 Å². The van der Waals surface area contributed by atoms with E-state index in [9.17, 15) is 9.59 Å². The molecule has 6 nitrogen and oxygen atoms in total. The Hall–Kier alpha value is -1.92. The van der Waals surface area contributed by atoms with E-state index in [1.807, 2.05) is 24.3 Å². The van der Waals surface area contributed by atoms with Gasteiger partial charge in [0.2, 0.25) is 11.8 Å². The van der Waals surface area contributed by atoms with E-state index >= 15 is 0 Å². The fourth-order valence-electron chi connectivity index (χ4n) is 2.48. The summed E-state index contributed by atoms with van der Waals surface area (Å²) in [5, 5.41) is 2.57. The first kappa shape index (κ1) is 15.5. The molecule has 0 aromatic heterocycles. The highest BCUT2D eigenvalue weighted by atomic mass is 16.5. The third kappa shape index (κ3) is 3.59. The number of likely N-dealkylation sites (N-methyl/N-ethyl adjacent to an activating group) is 1. The van der Waals surface area contributed by atoms with Crippen molar-refractivity contribution in [3.63, 3.8) is 0 Å². The van der Waals surface area contributed by atoms with Crippen LogP contribution in [0.2, 0.25) is 0 Å². The van der Waals surface area contributed by atoms with Crippen LogP contribution in [0.1, 0.15) is 11.1 Å². The van der Waals surface area contributed by atoms with Crippen LogP contribution < -0.4 is 11.1 Å². The number of carbonyl (C=O) groups excluding carboxylic acids is 2. The zero-order chi connectivity index (χ0) is 15.2. The van der Waals surface area contributed by atoms with Crippen molar-refractivity contribution in [3.05, 3.63) is 35.4 Å². The van der Waals surface area contributed by atoms with Crippen molar-refractivity contribution >= 4 is 11.8 Å². The van der Waals surface area contributed by atoms with Crippen molar-refractivity contribution in [2.24, 2.45) is 5.73 Å². The Kier molecular flexibility index (Phi) is 5.30. The number of nitrogens with zero attached hydrogens (tertiary/aromatic N) is 1. The van der Waals surface area contributed by atoms with Gasteiger partial charge in [0.25, 0.3) is 0 Å². The van der Waals surface area contributed by atoms with E-state index < -0.39 is 6.04 Å². The maximum absolute atomic E-state index is 12.5. The first-order chi connectivity index (χ1) is 10.2. The minimum atomic E-state index is -0.554. The van der Waals surface area contributed by atoms with E-state index in [0.29, 0.717) is 19.7 Å². The number of nitrogens with one attached hydrogen (secondary N) is 1. The molecule has 2 rings (SSSR count). The predicted octanol–water partition coefficient (Wildman–Crippen LogP) is -0.339. The lowest BCUT2D eigenvalue weighted by Crippen LogP contribution is -2.55. The van der Waals surface area contributed by atoms with E-state index in [0.717, 1.165) is 11.1 Å². The zero-order valence-electron chi connectivity index (χ0n) is 12.2. The van der Waals surface area contributed by atoms with E-state index in [4.69, 9.17) is 10.5 Å². The standard InChI is InChI=1S/C15H21N3O3/c1-17-15(20)13-10-21-7-6-18(13)14(19)8-11-4-2-3-5-12(11)9-16/h2-5,13H,6-10,16H2,1H3,(H,17,20). The summed E-state index contributed by atoms with van der Waals surface area (Å²) in [7, 11) is 1.56. The molecule has 0 bridgehead atoms. The minimum absolute atomic E-state index is 0.0761. The molecule has 114 valence electrons. The van der Waals surface area contributed by atoms with Crippen molar-refractivity contribution in [2.75, 3.05) is 26.8 Å². The van der Waals surface area contributed by atoms with Gasteiger partial charge in [-0.15, -0.1) is 0 Å². The van der Waals surface area contributed by atoms with Gasteiger partial charge in [-0.05, 0) is 11.1 Å². The summed E-state index contributed by atoms with van der Waals surface area (Å²) in [5.41, 5.74) is 7.56. The van der Waals surface area contributed by atoms with Crippen LogP contribution >= 0.6 is 0 Å². The van der Waals surface area contributed by atoms with Gasteiger partial charge < -0.3 is 20.7 Å². The molecule has 1 aliphatic rings. The summed E-state index contributed by atoms with van der Waals surface area (Å²) in [5.74, 6) is -0.275. The lowest BCUT2D eigenvalue weighted by molar-refractivity contribution is -0.147. The maximum Gasteiger partial charge on any atom is 0.244 e. The molecule has 1 heterocycles. The average Bonchev–Trinajstić information content (AvgIpc) is 2.54. The van der Waals surface area contributed by atoms with Crippen LogP contribution in [0, 0.1) is 0 Å². The molecule has 1 aliphatic heterocycles. The number of amides is 2. The second-order valence-electron chi connectivity index (χ2n) is 4.94. The summed E-state index contributed by atoms with van der Waals surface area (Å²) in [6.07, 6.45) is 0.251. The summed E-state index contributed by atoms with van der Waals surface area (Å²) >= 11 is 0. The number of hydrogen-bond acceptors (Lipinski definition) is 4. The second-order valence-corrected chi connectivity index (χ2v) is 4.94. The first-order valence-corrected chi connectivity index (χ1v) is 7.03. The van der Waals surface area contributed by atoms with Gasteiger partial charge in [-0.1, -0.05) is 24.3 Å². The normalized spacial score (nSPS) is 18.4. The van der Waals surface area contributed by atoms with Gasteiger partial charge in [0, 0.05) is 20.1 Å². The number of nitrogens with two attached hydrogens (primary N) is 1. The lowest BCUT2D eigenvalue weighted by atomic mass is 10.0. The number of ether oxygens (including phenoxy) is 1. The Bertz CT molecular complexity index is 519. The molecule has 3 N–H and O–H groups in total. The van der Waals surface area contributed by atoms with E-state index in [-0.39, 0.29) is 24.8 Å². The summed E-state index contributed by atoms with van der Waals surface area (Å²) in [4.78, 5) is 26.0. The van der Waals surface area contributed by atoms with Crippen LogP contribution in [0.3, 0.4) is 0 Å². The van der Waals surface area contributed by atoms with Crippen LogP contribution in [0.5, 0.6) is 0 Å². The molecule has 1 aromatic rings. The monoisotopic (exact) mass is 291 g/mol. The summed E-state index contributed by atoms with van der Waals surface area (Å²) in [6, 6.07) is 7.05. The number of benzene rings is 1. The SMILES string of the molecule is CNC(=O)C1COCCN1C(=O)Cc1ccccc1CN. The maximum atomic E-state index is 12.5. The predicted molar refractivity (Wildman–Crippen MR) is 78.4 cm³/mol. The molecule has 1 atom stereocenters. The second kappa shape index (κ2) is 7.19. The zero-order valence-corrected chi connectivity index (χ0v) is 12.2. The highest BCUT2D eigenvalue weighted by molar-refractivity contribution is 5.88. The smallest absolute Gasteiger partial charge is 0.244 e. The molecule has 2 amide bonds. The molecule has 1 fully saturated rings. The van der Waals surface area contributed by atoms with Crippen LogP contribution in [0.25, 0.3) is 0 Å².